The summed E-state index contributed by atoms with van der Waals surface area (Å²) < 4.78 is 0. The van der Waals surface area contributed by atoms with Gasteiger partial charge >= 0.3 is 5.97 Å². The first-order valence-corrected chi connectivity index (χ1v) is 7.24. The Morgan fingerprint density at radius 3 is 2.32 bits per heavy atom. The maximum absolute atomic E-state index is 11.5. The van der Waals surface area contributed by atoms with Gasteiger partial charge in [-0.05, 0) is 28.5 Å². The van der Waals surface area contributed by atoms with Gasteiger partial charge < -0.3 is 10.4 Å². The quantitative estimate of drug-likeness (QED) is 0.748. The van der Waals surface area contributed by atoms with Crippen molar-refractivity contribution in [2.45, 2.75) is 12.5 Å². The van der Waals surface area contributed by atoms with Crippen LogP contribution in [-0.4, -0.2) is 17.1 Å². The molecular weight excluding hydrogens is 274 g/mol. The second kappa shape index (κ2) is 6.31. The van der Waals surface area contributed by atoms with E-state index < -0.39 is 12.0 Å². The molecule has 0 heterocycles. The third kappa shape index (κ3) is 3.26. The van der Waals surface area contributed by atoms with Gasteiger partial charge in [-0.1, -0.05) is 60.7 Å². The molecule has 0 amide bonds. The van der Waals surface area contributed by atoms with Crippen molar-refractivity contribution in [1.29, 1.82) is 0 Å². The van der Waals surface area contributed by atoms with Crippen LogP contribution < -0.4 is 5.32 Å². The highest BCUT2D eigenvalue weighted by Gasteiger charge is 2.17. The largest absolute Gasteiger partial charge is 0.480 e. The van der Waals surface area contributed by atoms with Crippen LogP contribution in [-0.2, 0) is 11.2 Å². The fourth-order valence-corrected chi connectivity index (χ4v) is 2.54. The molecule has 3 heteroatoms. The molecule has 0 radical (unpaired) electrons. The SMILES string of the molecule is O=C(O)[C@@H](Cc1ccc2ccccc2c1)Nc1ccccc1. The Morgan fingerprint density at radius 2 is 1.59 bits per heavy atom. The number of aliphatic carboxylic acids is 1. The van der Waals surface area contributed by atoms with Crippen LogP contribution in [0.3, 0.4) is 0 Å². The first kappa shape index (κ1) is 14.1. The third-order valence-corrected chi connectivity index (χ3v) is 3.67. The predicted molar refractivity (Wildman–Crippen MR) is 89.1 cm³/mol. The number of carbonyl (C=O) groups is 1. The van der Waals surface area contributed by atoms with Crippen molar-refractivity contribution < 1.29 is 9.90 Å². The van der Waals surface area contributed by atoms with Crippen molar-refractivity contribution in [3.05, 3.63) is 78.4 Å². The molecule has 22 heavy (non-hydrogen) atoms. The summed E-state index contributed by atoms with van der Waals surface area (Å²) in [6.45, 7) is 0. The van der Waals surface area contributed by atoms with Gasteiger partial charge in [-0.3, -0.25) is 0 Å². The molecule has 2 N–H and O–H groups in total. The van der Waals surface area contributed by atoms with Gasteiger partial charge in [0, 0.05) is 12.1 Å². The standard InChI is InChI=1S/C19H17NO2/c21-19(22)18(20-17-8-2-1-3-9-17)13-14-10-11-15-6-4-5-7-16(15)12-14/h1-12,18,20H,13H2,(H,21,22)/t18-/m1/s1. The van der Waals surface area contributed by atoms with Crippen LogP contribution in [0.25, 0.3) is 10.8 Å². The van der Waals surface area contributed by atoms with Crippen LogP contribution in [0, 0.1) is 0 Å². The number of hydrogen-bond acceptors (Lipinski definition) is 2. The molecule has 0 bridgehead atoms. The van der Waals surface area contributed by atoms with Gasteiger partial charge in [0.15, 0.2) is 0 Å². The summed E-state index contributed by atoms with van der Waals surface area (Å²) in [6.07, 6.45) is 0.440. The van der Waals surface area contributed by atoms with E-state index >= 15 is 0 Å². The number of carboxylic acids is 1. The lowest BCUT2D eigenvalue weighted by Crippen LogP contribution is -2.31. The summed E-state index contributed by atoms with van der Waals surface area (Å²) in [7, 11) is 0. The zero-order chi connectivity index (χ0) is 15.4. The van der Waals surface area contributed by atoms with E-state index in [0.29, 0.717) is 6.42 Å². The molecule has 0 fully saturated rings. The van der Waals surface area contributed by atoms with Crippen LogP contribution in [0.2, 0.25) is 0 Å². The lowest BCUT2D eigenvalue weighted by Gasteiger charge is -2.16. The number of benzene rings is 3. The molecule has 0 saturated carbocycles. The summed E-state index contributed by atoms with van der Waals surface area (Å²) in [5, 5.41) is 14.8. The van der Waals surface area contributed by atoms with E-state index in [4.69, 9.17) is 0 Å². The number of carboxylic acid groups (broad SMARTS) is 1. The second-order valence-corrected chi connectivity index (χ2v) is 5.29. The van der Waals surface area contributed by atoms with Crippen LogP contribution in [0.4, 0.5) is 5.69 Å². The Labute approximate surface area is 129 Å². The van der Waals surface area contributed by atoms with Gasteiger partial charge in [-0.25, -0.2) is 4.79 Å². The maximum Gasteiger partial charge on any atom is 0.326 e. The van der Waals surface area contributed by atoms with E-state index in [-0.39, 0.29) is 0 Å². The molecule has 0 aliphatic heterocycles. The lowest BCUT2D eigenvalue weighted by atomic mass is 10.0. The summed E-state index contributed by atoms with van der Waals surface area (Å²) in [6, 6.07) is 22.9. The summed E-state index contributed by atoms with van der Waals surface area (Å²) in [4.78, 5) is 11.5. The molecule has 3 aromatic rings. The van der Waals surface area contributed by atoms with Crippen LogP contribution in [0.5, 0.6) is 0 Å². The van der Waals surface area contributed by atoms with E-state index in [1.807, 2.05) is 60.7 Å². The molecule has 0 spiro atoms. The van der Waals surface area contributed by atoms with E-state index in [9.17, 15) is 9.90 Å². The number of hydrogen-bond donors (Lipinski definition) is 2. The zero-order valence-corrected chi connectivity index (χ0v) is 12.1. The van der Waals surface area contributed by atoms with Gasteiger partial charge in [-0.15, -0.1) is 0 Å². The van der Waals surface area contributed by atoms with Gasteiger partial charge in [-0.2, -0.15) is 0 Å². The van der Waals surface area contributed by atoms with E-state index in [1.165, 1.54) is 0 Å². The molecule has 0 saturated heterocycles. The van der Waals surface area contributed by atoms with Crippen LogP contribution >= 0.6 is 0 Å². The molecular formula is C19H17NO2. The maximum atomic E-state index is 11.5. The Bertz CT molecular complexity index is 784. The summed E-state index contributed by atoms with van der Waals surface area (Å²) >= 11 is 0. The highest BCUT2D eigenvalue weighted by molar-refractivity contribution is 5.83. The fourth-order valence-electron chi connectivity index (χ4n) is 2.54. The average molecular weight is 291 g/mol. The topological polar surface area (TPSA) is 49.3 Å². The smallest absolute Gasteiger partial charge is 0.326 e. The van der Waals surface area contributed by atoms with Crippen molar-refractivity contribution in [1.82, 2.24) is 0 Å². The summed E-state index contributed by atoms with van der Waals surface area (Å²) in [5.74, 6) is -0.850. The lowest BCUT2D eigenvalue weighted by molar-refractivity contribution is -0.137. The number of fused-ring (bicyclic) bond motifs is 1. The van der Waals surface area contributed by atoms with Gasteiger partial charge in [0.05, 0.1) is 0 Å². The Balaban J connectivity index is 1.81. The van der Waals surface area contributed by atoms with Crippen LogP contribution in [0.1, 0.15) is 5.56 Å². The molecule has 0 aliphatic rings. The monoisotopic (exact) mass is 291 g/mol. The normalized spacial score (nSPS) is 12.0. The van der Waals surface area contributed by atoms with Crippen molar-refractivity contribution >= 4 is 22.4 Å². The molecule has 3 aromatic carbocycles. The molecule has 3 rings (SSSR count). The first-order chi connectivity index (χ1) is 10.7. The number of anilines is 1. The Hall–Kier alpha value is -2.81. The van der Waals surface area contributed by atoms with Crippen molar-refractivity contribution in [3.63, 3.8) is 0 Å². The molecule has 110 valence electrons. The van der Waals surface area contributed by atoms with Gasteiger partial charge in [0.1, 0.15) is 6.04 Å². The minimum atomic E-state index is -0.850. The average Bonchev–Trinajstić information content (AvgIpc) is 2.55. The molecule has 0 aliphatic carbocycles. The second-order valence-electron chi connectivity index (χ2n) is 5.29. The fraction of sp³-hybridized carbons (Fsp3) is 0.105. The van der Waals surface area contributed by atoms with E-state index in [2.05, 4.69) is 17.4 Å². The Kier molecular flexibility index (Phi) is 4.05. The predicted octanol–water partition coefficient (Wildman–Crippen LogP) is 3.95. The molecule has 1 atom stereocenters. The third-order valence-electron chi connectivity index (χ3n) is 3.67. The van der Waals surface area contributed by atoms with Crippen molar-refractivity contribution in [2.75, 3.05) is 5.32 Å². The number of nitrogens with one attached hydrogen (secondary N) is 1. The van der Waals surface area contributed by atoms with Crippen molar-refractivity contribution in [3.8, 4) is 0 Å². The minimum absolute atomic E-state index is 0.440. The Morgan fingerprint density at radius 1 is 0.909 bits per heavy atom. The molecule has 0 aromatic heterocycles. The molecule has 3 nitrogen and oxygen atoms in total. The number of para-hydroxylation sites is 1. The summed E-state index contributed by atoms with van der Waals surface area (Å²) in [5.41, 5.74) is 1.82. The zero-order valence-electron chi connectivity index (χ0n) is 12.1. The van der Waals surface area contributed by atoms with Crippen LogP contribution in [0.15, 0.2) is 72.8 Å². The first-order valence-electron chi connectivity index (χ1n) is 7.24. The van der Waals surface area contributed by atoms with E-state index in [0.717, 1.165) is 22.0 Å². The minimum Gasteiger partial charge on any atom is -0.480 e. The van der Waals surface area contributed by atoms with E-state index in [1.54, 1.807) is 0 Å². The highest BCUT2D eigenvalue weighted by atomic mass is 16.4. The number of rotatable bonds is 5. The van der Waals surface area contributed by atoms with Gasteiger partial charge in [0.25, 0.3) is 0 Å². The van der Waals surface area contributed by atoms with Gasteiger partial charge in [0.2, 0.25) is 0 Å². The molecule has 0 unspecified atom stereocenters. The van der Waals surface area contributed by atoms with Crippen molar-refractivity contribution in [2.24, 2.45) is 0 Å². The highest BCUT2D eigenvalue weighted by Crippen LogP contribution is 2.18.